The molecule has 0 fully saturated rings. The second-order valence-electron chi connectivity index (χ2n) is 3.01. The lowest BCUT2D eigenvalue weighted by Gasteiger charge is -2.07. The van der Waals surface area contributed by atoms with Crippen LogP contribution in [0.4, 0.5) is 0 Å². The summed E-state index contributed by atoms with van der Waals surface area (Å²) >= 11 is 0. The molecule has 0 bridgehead atoms. The van der Waals surface area contributed by atoms with E-state index in [1.807, 2.05) is 30.3 Å². The van der Waals surface area contributed by atoms with Crippen molar-refractivity contribution in [3.8, 4) is 0 Å². The van der Waals surface area contributed by atoms with E-state index in [4.69, 9.17) is 28.7 Å². The fourth-order valence-corrected chi connectivity index (χ4v) is 0.755. The van der Waals surface area contributed by atoms with Crippen LogP contribution in [0, 0.1) is 5.41 Å². The van der Waals surface area contributed by atoms with Gasteiger partial charge in [0.15, 0.2) is 0 Å². The largest absolute Gasteiger partial charge is 0.394 e. The van der Waals surface area contributed by atoms with Crippen molar-refractivity contribution in [2.75, 3.05) is 7.05 Å². The number of hydrogen-bond donors (Lipinski definition) is 4. The van der Waals surface area contributed by atoms with Crippen LogP contribution >= 0.6 is 0 Å². The molecule has 0 unspecified atom stereocenters. The first-order chi connectivity index (χ1) is 8.20. The van der Waals surface area contributed by atoms with Crippen molar-refractivity contribution in [3.63, 3.8) is 0 Å². The third-order valence-electron chi connectivity index (χ3n) is 1.53. The number of guanidine groups is 1. The summed E-state index contributed by atoms with van der Waals surface area (Å²) in [7, 11) is -3.04. The zero-order chi connectivity index (χ0) is 14.2. The van der Waals surface area contributed by atoms with Crippen LogP contribution in [-0.4, -0.2) is 41.8 Å². The van der Waals surface area contributed by atoms with Crippen LogP contribution in [0.1, 0.15) is 5.56 Å². The summed E-state index contributed by atoms with van der Waals surface area (Å²) in [4.78, 5) is 0. The molecule has 1 aromatic rings. The third kappa shape index (κ3) is 10.5. The Bertz CT molecular complexity index is 493. The summed E-state index contributed by atoms with van der Waals surface area (Å²) in [6, 6.07) is 9.64. The molecule has 0 heterocycles. The van der Waals surface area contributed by atoms with Gasteiger partial charge in [0.25, 0.3) is 0 Å². The number of rotatable bonds is 2. The van der Waals surface area contributed by atoms with Crippen molar-refractivity contribution in [1.29, 1.82) is 5.41 Å². The standard InChI is InChI=1S/C9H12N4.H2O4S/c1-13(9(10)11)12-7-8-5-3-2-4-6-8;1-5(2,3)4/h2-7H,1H3,(H3,10,11);(H2,1,2,3,4)/b12-7+;. The molecule has 1 aromatic carbocycles. The maximum atomic E-state index is 8.74. The summed E-state index contributed by atoms with van der Waals surface area (Å²) in [5, 5.41) is 12.3. The molecule has 0 saturated carbocycles. The Labute approximate surface area is 105 Å². The average Bonchev–Trinajstić information content (AvgIpc) is 2.25. The number of nitrogens with one attached hydrogen (secondary N) is 1. The van der Waals surface area contributed by atoms with Gasteiger partial charge in [0.1, 0.15) is 0 Å². The highest BCUT2D eigenvalue weighted by molar-refractivity contribution is 7.79. The molecule has 8 nitrogen and oxygen atoms in total. The van der Waals surface area contributed by atoms with Gasteiger partial charge in [0, 0.05) is 7.05 Å². The lowest BCUT2D eigenvalue weighted by Crippen LogP contribution is -2.28. The van der Waals surface area contributed by atoms with E-state index in [-0.39, 0.29) is 5.96 Å². The quantitative estimate of drug-likeness (QED) is 0.263. The van der Waals surface area contributed by atoms with E-state index < -0.39 is 10.4 Å². The second-order valence-corrected chi connectivity index (χ2v) is 3.91. The van der Waals surface area contributed by atoms with E-state index in [1.54, 1.807) is 13.3 Å². The zero-order valence-corrected chi connectivity index (χ0v) is 10.4. The number of hydrogen-bond acceptors (Lipinski definition) is 4. The van der Waals surface area contributed by atoms with Crippen molar-refractivity contribution in [2.24, 2.45) is 10.8 Å². The van der Waals surface area contributed by atoms with Crippen LogP contribution in [-0.2, 0) is 10.4 Å². The van der Waals surface area contributed by atoms with Crippen LogP contribution in [0.5, 0.6) is 0 Å². The highest BCUT2D eigenvalue weighted by atomic mass is 32.3. The molecule has 0 radical (unpaired) electrons. The smallest absolute Gasteiger partial charge is 0.369 e. The van der Waals surface area contributed by atoms with E-state index in [9.17, 15) is 0 Å². The van der Waals surface area contributed by atoms with E-state index in [0.29, 0.717) is 0 Å². The summed E-state index contributed by atoms with van der Waals surface area (Å²) in [5.74, 6) is -0.0767. The highest BCUT2D eigenvalue weighted by Gasteiger charge is 1.92. The maximum Gasteiger partial charge on any atom is 0.394 e. The van der Waals surface area contributed by atoms with Crippen molar-refractivity contribution in [3.05, 3.63) is 35.9 Å². The van der Waals surface area contributed by atoms with Gasteiger partial charge in [-0.3, -0.25) is 14.5 Å². The molecular weight excluding hydrogens is 260 g/mol. The van der Waals surface area contributed by atoms with Crippen molar-refractivity contribution in [1.82, 2.24) is 5.01 Å². The van der Waals surface area contributed by atoms with Crippen LogP contribution < -0.4 is 5.73 Å². The molecule has 0 saturated heterocycles. The van der Waals surface area contributed by atoms with Gasteiger partial charge in [0.05, 0.1) is 6.21 Å². The Balaban J connectivity index is 0.000000494. The lowest BCUT2D eigenvalue weighted by molar-refractivity contribution is 0.381. The minimum Gasteiger partial charge on any atom is -0.369 e. The van der Waals surface area contributed by atoms with Crippen LogP contribution in [0.2, 0.25) is 0 Å². The Morgan fingerprint density at radius 2 is 1.83 bits per heavy atom. The minimum absolute atomic E-state index is 0.0767. The predicted octanol–water partition coefficient (Wildman–Crippen LogP) is 0.193. The van der Waals surface area contributed by atoms with Gasteiger partial charge in [-0.25, -0.2) is 5.01 Å². The molecule has 5 N–H and O–H groups in total. The molecule has 18 heavy (non-hydrogen) atoms. The second kappa shape index (κ2) is 7.37. The Morgan fingerprint density at radius 3 is 2.22 bits per heavy atom. The van der Waals surface area contributed by atoms with Gasteiger partial charge >= 0.3 is 10.4 Å². The summed E-state index contributed by atoms with van der Waals surface area (Å²) in [5.41, 5.74) is 6.18. The van der Waals surface area contributed by atoms with Gasteiger partial charge in [-0.15, -0.1) is 0 Å². The topological polar surface area (TPSA) is 140 Å². The molecule has 0 aliphatic heterocycles. The Morgan fingerprint density at radius 1 is 1.39 bits per heavy atom. The predicted molar refractivity (Wildman–Crippen MR) is 67.9 cm³/mol. The van der Waals surface area contributed by atoms with E-state index in [1.165, 1.54) is 5.01 Å². The third-order valence-corrected chi connectivity index (χ3v) is 1.53. The Kier molecular flexibility index (Phi) is 6.57. The number of nitrogens with zero attached hydrogens (tertiary/aromatic N) is 2. The molecular formula is C9H14N4O4S. The fraction of sp³-hybridized carbons (Fsp3) is 0.111. The van der Waals surface area contributed by atoms with Gasteiger partial charge in [0.2, 0.25) is 5.96 Å². The van der Waals surface area contributed by atoms with Gasteiger partial charge in [-0.1, -0.05) is 30.3 Å². The van der Waals surface area contributed by atoms with Crippen molar-refractivity contribution in [2.45, 2.75) is 0 Å². The van der Waals surface area contributed by atoms with Gasteiger partial charge < -0.3 is 5.73 Å². The molecule has 0 amide bonds. The molecule has 0 atom stereocenters. The zero-order valence-electron chi connectivity index (χ0n) is 9.56. The van der Waals surface area contributed by atoms with Crippen LogP contribution in [0.3, 0.4) is 0 Å². The average molecular weight is 274 g/mol. The summed E-state index contributed by atoms with van der Waals surface area (Å²) in [6.07, 6.45) is 1.65. The summed E-state index contributed by atoms with van der Waals surface area (Å²) < 4.78 is 31.6. The molecule has 1 rings (SSSR count). The maximum absolute atomic E-state index is 8.74. The van der Waals surface area contributed by atoms with Crippen LogP contribution in [0.25, 0.3) is 0 Å². The molecule has 100 valence electrons. The lowest BCUT2D eigenvalue weighted by atomic mass is 10.2. The molecule has 9 heteroatoms. The first kappa shape index (κ1) is 16.0. The normalized spacial score (nSPS) is 10.6. The van der Waals surface area contributed by atoms with Gasteiger partial charge in [-0.05, 0) is 5.56 Å². The molecule has 0 spiro atoms. The van der Waals surface area contributed by atoms with E-state index >= 15 is 0 Å². The first-order valence-corrected chi connectivity index (χ1v) is 5.96. The van der Waals surface area contributed by atoms with E-state index in [0.717, 1.165) is 5.56 Å². The fourth-order valence-electron chi connectivity index (χ4n) is 0.755. The van der Waals surface area contributed by atoms with Crippen LogP contribution in [0.15, 0.2) is 35.4 Å². The monoisotopic (exact) mass is 274 g/mol. The highest BCUT2D eigenvalue weighted by Crippen LogP contribution is 1.94. The first-order valence-electron chi connectivity index (χ1n) is 4.57. The van der Waals surface area contributed by atoms with Gasteiger partial charge in [-0.2, -0.15) is 13.5 Å². The summed E-state index contributed by atoms with van der Waals surface area (Å²) in [6.45, 7) is 0. The van der Waals surface area contributed by atoms with E-state index in [2.05, 4.69) is 5.10 Å². The number of hydrazone groups is 1. The SMILES string of the molecule is CN(/N=C/c1ccccc1)C(=N)N.O=S(=O)(O)O. The molecule has 0 aliphatic rings. The molecule has 0 aliphatic carbocycles. The minimum atomic E-state index is -4.67. The number of benzene rings is 1. The van der Waals surface area contributed by atoms with Crippen molar-refractivity contribution < 1.29 is 17.5 Å². The van der Waals surface area contributed by atoms with Crippen molar-refractivity contribution >= 4 is 22.6 Å². The number of nitrogens with two attached hydrogens (primary N) is 1. The Hall–Kier alpha value is -1.97. The molecule has 0 aromatic heterocycles.